The first-order chi connectivity index (χ1) is 6.33. The molecule has 1 aliphatic rings. The average molecular weight is 186 g/mol. The molecule has 2 nitrogen and oxygen atoms in total. The third kappa shape index (κ3) is 6.05. The summed E-state index contributed by atoms with van der Waals surface area (Å²) < 4.78 is 0. The highest BCUT2D eigenvalue weighted by Gasteiger charge is 2.17. The van der Waals surface area contributed by atoms with Gasteiger partial charge in [0.05, 0.1) is 0 Å². The Hall–Kier alpha value is -0.0800. The molecule has 80 valence electrons. The number of hydrogen-bond donors (Lipinski definition) is 2. The summed E-state index contributed by atoms with van der Waals surface area (Å²) in [7, 11) is 2.02. The van der Waals surface area contributed by atoms with E-state index in [0.717, 1.165) is 5.92 Å². The highest BCUT2D eigenvalue weighted by Crippen LogP contribution is 2.25. The Kier molecular flexibility index (Phi) is 8.46. The van der Waals surface area contributed by atoms with Crippen molar-refractivity contribution in [3.05, 3.63) is 0 Å². The lowest BCUT2D eigenvalue weighted by Crippen LogP contribution is -2.27. The number of hydrogen-bond acceptors (Lipinski definition) is 2. The van der Waals surface area contributed by atoms with Crippen LogP contribution in [0.2, 0.25) is 0 Å². The Morgan fingerprint density at radius 3 is 2.15 bits per heavy atom. The van der Waals surface area contributed by atoms with Crippen molar-refractivity contribution in [2.45, 2.75) is 52.0 Å². The zero-order valence-corrected chi connectivity index (χ0v) is 9.47. The lowest BCUT2D eigenvalue weighted by molar-refractivity contribution is 0.309. The van der Waals surface area contributed by atoms with Gasteiger partial charge in [-0.25, -0.2) is 0 Å². The summed E-state index contributed by atoms with van der Waals surface area (Å²) in [6.45, 7) is 5.17. The van der Waals surface area contributed by atoms with Crippen molar-refractivity contribution in [2.24, 2.45) is 11.7 Å². The molecule has 0 bridgehead atoms. The first kappa shape index (κ1) is 12.9. The van der Waals surface area contributed by atoms with Gasteiger partial charge in [0.25, 0.3) is 0 Å². The molecule has 0 spiro atoms. The Morgan fingerprint density at radius 2 is 1.69 bits per heavy atom. The van der Waals surface area contributed by atoms with Gasteiger partial charge in [0.2, 0.25) is 0 Å². The fourth-order valence-corrected chi connectivity index (χ4v) is 1.83. The fraction of sp³-hybridized carbons (Fsp3) is 1.00. The van der Waals surface area contributed by atoms with Crippen LogP contribution in [0.15, 0.2) is 0 Å². The Labute approximate surface area is 83.3 Å². The minimum Gasteiger partial charge on any atom is -0.328 e. The minimum absolute atomic E-state index is 0.501. The van der Waals surface area contributed by atoms with Gasteiger partial charge in [-0.1, -0.05) is 13.8 Å². The van der Waals surface area contributed by atoms with E-state index in [1.165, 1.54) is 38.6 Å². The summed E-state index contributed by atoms with van der Waals surface area (Å²) in [6.07, 6.45) is 6.53. The van der Waals surface area contributed by atoms with Crippen LogP contribution in [-0.4, -0.2) is 19.6 Å². The summed E-state index contributed by atoms with van der Waals surface area (Å²) in [5.74, 6) is 0.947. The lowest BCUT2D eigenvalue weighted by Gasteiger charge is -2.25. The van der Waals surface area contributed by atoms with Crippen molar-refractivity contribution in [3.8, 4) is 0 Å². The van der Waals surface area contributed by atoms with Gasteiger partial charge in [-0.3, -0.25) is 0 Å². The van der Waals surface area contributed by atoms with Crippen molar-refractivity contribution in [2.75, 3.05) is 13.6 Å². The Balaban J connectivity index is 0.000000671. The second-order valence-electron chi connectivity index (χ2n) is 3.67. The molecule has 0 aliphatic heterocycles. The zero-order chi connectivity index (χ0) is 10.1. The molecule has 0 aromatic rings. The van der Waals surface area contributed by atoms with Crippen molar-refractivity contribution >= 4 is 0 Å². The van der Waals surface area contributed by atoms with Gasteiger partial charge in [0.1, 0.15) is 0 Å². The molecule has 1 saturated carbocycles. The molecule has 1 fully saturated rings. The van der Waals surface area contributed by atoms with Gasteiger partial charge in [0.15, 0.2) is 0 Å². The van der Waals surface area contributed by atoms with Crippen LogP contribution in [0.5, 0.6) is 0 Å². The van der Waals surface area contributed by atoms with Crippen LogP contribution < -0.4 is 11.1 Å². The van der Waals surface area contributed by atoms with E-state index in [1.807, 2.05) is 20.9 Å². The van der Waals surface area contributed by atoms with Crippen LogP contribution in [0, 0.1) is 5.92 Å². The van der Waals surface area contributed by atoms with Crippen LogP contribution >= 0.6 is 0 Å². The highest BCUT2D eigenvalue weighted by atomic mass is 14.8. The Morgan fingerprint density at radius 1 is 1.15 bits per heavy atom. The molecule has 0 amide bonds. The van der Waals surface area contributed by atoms with E-state index in [2.05, 4.69) is 5.32 Å². The molecule has 0 radical (unpaired) electrons. The van der Waals surface area contributed by atoms with Crippen LogP contribution in [0.25, 0.3) is 0 Å². The quantitative estimate of drug-likeness (QED) is 0.708. The molecule has 3 N–H and O–H groups in total. The maximum absolute atomic E-state index is 5.81. The third-order valence-electron chi connectivity index (χ3n) is 2.69. The maximum Gasteiger partial charge on any atom is 0.00390 e. The summed E-state index contributed by atoms with van der Waals surface area (Å²) >= 11 is 0. The summed E-state index contributed by atoms with van der Waals surface area (Å²) in [5, 5.41) is 3.19. The van der Waals surface area contributed by atoms with Crippen LogP contribution in [-0.2, 0) is 0 Å². The highest BCUT2D eigenvalue weighted by molar-refractivity contribution is 4.74. The molecular formula is C11H26N2. The van der Waals surface area contributed by atoms with Crippen molar-refractivity contribution < 1.29 is 0 Å². The monoisotopic (exact) mass is 186 g/mol. The third-order valence-corrected chi connectivity index (χ3v) is 2.69. The SMILES string of the molecule is CC.CNCCC1CCC(N)CC1. The van der Waals surface area contributed by atoms with E-state index in [9.17, 15) is 0 Å². The van der Waals surface area contributed by atoms with Gasteiger partial charge in [-0.15, -0.1) is 0 Å². The smallest absolute Gasteiger partial charge is 0.00390 e. The molecule has 1 rings (SSSR count). The van der Waals surface area contributed by atoms with Crippen molar-refractivity contribution in [3.63, 3.8) is 0 Å². The second-order valence-corrected chi connectivity index (χ2v) is 3.67. The molecule has 13 heavy (non-hydrogen) atoms. The molecular weight excluding hydrogens is 160 g/mol. The van der Waals surface area contributed by atoms with E-state index in [4.69, 9.17) is 5.73 Å². The van der Waals surface area contributed by atoms with Gasteiger partial charge in [-0.05, 0) is 51.6 Å². The topological polar surface area (TPSA) is 38.0 Å². The average Bonchev–Trinajstić information content (AvgIpc) is 2.20. The van der Waals surface area contributed by atoms with E-state index in [0.29, 0.717) is 6.04 Å². The van der Waals surface area contributed by atoms with E-state index in [-0.39, 0.29) is 0 Å². The maximum atomic E-state index is 5.81. The summed E-state index contributed by atoms with van der Waals surface area (Å²) in [4.78, 5) is 0. The van der Waals surface area contributed by atoms with Gasteiger partial charge in [-0.2, -0.15) is 0 Å². The normalized spacial score (nSPS) is 27.7. The standard InChI is InChI=1S/C9H20N2.C2H6/c1-11-7-6-8-2-4-9(10)5-3-8;1-2/h8-9,11H,2-7,10H2,1H3;1-2H3. The molecule has 2 heteroatoms. The minimum atomic E-state index is 0.501. The van der Waals surface area contributed by atoms with E-state index < -0.39 is 0 Å². The van der Waals surface area contributed by atoms with Gasteiger partial charge in [0, 0.05) is 6.04 Å². The molecule has 0 saturated heterocycles. The molecule has 0 aromatic heterocycles. The lowest BCUT2D eigenvalue weighted by atomic mass is 9.84. The molecule has 0 aromatic carbocycles. The van der Waals surface area contributed by atoms with Crippen LogP contribution in [0.1, 0.15) is 46.0 Å². The first-order valence-electron chi connectivity index (χ1n) is 5.73. The predicted molar refractivity (Wildman–Crippen MR) is 59.8 cm³/mol. The number of nitrogens with one attached hydrogen (secondary N) is 1. The van der Waals surface area contributed by atoms with Crippen LogP contribution in [0.4, 0.5) is 0 Å². The van der Waals surface area contributed by atoms with Gasteiger partial charge < -0.3 is 11.1 Å². The summed E-state index contributed by atoms with van der Waals surface area (Å²) in [6, 6.07) is 0.501. The second kappa shape index (κ2) is 8.52. The van der Waals surface area contributed by atoms with E-state index in [1.54, 1.807) is 0 Å². The van der Waals surface area contributed by atoms with Crippen molar-refractivity contribution in [1.82, 2.24) is 5.32 Å². The molecule has 0 heterocycles. The number of nitrogens with two attached hydrogens (primary N) is 1. The summed E-state index contributed by atoms with van der Waals surface area (Å²) in [5.41, 5.74) is 5.81. The van der Waals surface area contributed by atoms with Crippen molar-refractivity contribution in [1.29, 1.82) is 0 Å². The zero-order valence-electron chi connectivity index (χ0n) is 9.47. The first-order valence-corrected chi connectivity index (χ1v) is 5.73. The molecule has 1 aliphatic carbocycles. The van der Waals surface area contributed by atoms with E-state index >= 15 is 0 Å². The van der Waals surface area contributed by atoms with Gasteiger partial charge >= 0.3 is 0 Å². The molecule has 0 atom stereocenters. The van der Waals surface area contributed by atoms with Crippen LogP contribution in [0.3, 0.4) is 0 Å². The number of rotatable bonds is 3. The fourth-order valence-electron chi connectivity index (χ4n) is 1.83. The predicted octanol–water partition coefficient (Wildman–Crippen LogP) is 2.14. The largest absolute Gasteiger partial charge is 0.328 e. The molecule has 0 unspecified atom stereocenters. The Bertz CT molecular complexity index is 93.5.